The highest BCUT2D eigenvalue weighted by molar-refractivity contribution is 4.64. The third kappa shape index (κ3) is 7.98. The van der Waals surface area contributed by atoms with E-state index in [1.54, 1.807) is 7.05 Å². The van der Waals surface area contributed by atoms with Gasteiger partial charge in [-0.25, -0.2) is 0 Å². The van der Waals surface area contributed by atoms with Gasteiger partial charge in [0.1, 0.15) is 0 Å². The molecule has 0 aromatic carbocycles. The normalized spacial score (nSPS) is 10.5. The van der Waals surface area contributed by atoms with Crippen LogP contribution in [-0.2, 0) is 0 Å². The fourth-order valence-electron chi connectivity index (χ4n) is 1.33. The van der Waals surface area contributed by atoms with Crippen LogP contribution in [0.25, 0.3) is 0 Å². The number of hydrogen-bond acceptors (Lipinski definition) is 3. The number of hydrogen-bond donors (Lipinski definition) is 2. The molecular formula is C9H25N3. The van der Waals surface area contributed by atoms with Gasteiger partial charge < -0.3 is 0 Å². The van der Waals surface area contributed by atoms with Crippen molar-refractivity contribution >= 4 is 0 Å². The van der Waals surface area contributed by atoms with Gasteiger partial charge in [0.15, 0.2) is 0 Å². The van der Waals surface area contributed by atoms with Crippen molar-refractivity contribution < 1.29 is 0 Å². The Morgan fingerprint density at radius 1 is 1.17 bits per heavy atom. The molecule has 0 bridgehead atoms. The van der Waals surface area contributed by atoms with E-state index in [4.69, 9.17) is 0 Å². The molecule has 0 saturated heterocycles. The molecule has 0 aromatic heterocycles. The van der Waals surface area contributed by atoms with Gasteiger partial charge in [-0.1, -0.05) is 6.92 Å². The topological polar surface area (TPSA) is 41.3 Å². The van der Waals surface area contributed by atoms with E-state index >= 15 is 0 Å². The minimum absolute atomic E-state index is 0.690. The first-order valence-electron chi connectivity index (χ1n) is 4.64. The zero-order valence-electron chi connectivity index (χ0n) is 9.39. The van der Waals surface area contributed by atoms with Crippen molar-refractivity contribution in [2.45, 2.75) is 46.7 Å². The van der Waals surface area contributed by atoms with Gasteiger partial charge in [0.05, 0.1) is 0 Å². The van der Waals surface area contributed by atoms with Crippen molar-refractivity contribution in [2.75, 3.05) is 13.6 Å². The van der Waals surface area contributed by atoms with E-state index in [0.29, 0.717) is 12.1 Å². The van der Waals surface area contributed by atoms with E-state index in [1.165, 1.54) is 0 Å². The van der Waals surface area contributed by atoms with Crippen LogP contribution in [0.15, 0.2) is 0 Å². The number of nitrogens with two attached hydrogens (primary N) is 1. The summed E-state index contributed by atoms with van der Waals surface area (Å²) in [5.41, 5.74) is 2.25. The van der Waals surface area contributed by atoms with Crippen molar-refractivity contribution in [3.05, 3.63) is 0 Å². The monoisotopic (exact) mass is 175 g/mol. The molecular weight excluding hydrogens is 150 g/mol. The van der Waals surface area contributed by atoms with Crippen LogP contribution in [0.1, 0.15) is 34.6 Å². The lowest BCUT2D eigenvalue weighted by molar-refractivity contribution is 0.185. The van der Waals surface area contributed by atoms with Gasteiger partial charge in [-0.15, -0.1) is 0 Å². The molecule has 3 nitrogen and oxygen atoms in total. The summed E-state index contributed by atoms with van der Waals surface area (Å²) in [5, 5.41) is 0. The van der Waals surface area contributed by atoms with E-state index in [1.807, 2.05) is 0 Å². The molecule has 0 atom stereocenters. The molecule has 0 aliphatic carbocycles. The summed E-state index contributed by atoms with van der Waals surface area (Å²) in [6.07, 6.45) is 0. The Morgan fingerprint density at radius 3 is 1.42 bits per heavy atom. The maximum absolute atomic E-state index is 4.60. The van der Waals surface area contributed by atoms with Crippen LogP contribution in [0.3, 0.4) is 0 Å². The summed E-state index contributed by atoms with van der Waals surface area (Å²) in [5.74, 6) is 4.60. The number of rotatable bonds is 3. The van der Waals surface area contributed by atoms with Gasteiger partial charge >= 0.3 is 0 Å². The second-order valence-electron chi connectivity index (χ2n) is 3.31. The first-order valence-corrected chi connectivity index (χ1v) is 4.64. The lowest BCUT2D eigenvalue weighted by atomic mass is 10.2. The number of nitrogens with one attached hydrogen (secondary N) is 1. The maximum Gasteiger partial charge on any atom is 0.00411 e. The Morgan fingerprint density at radius 2 is 1.42 bits per heavy atom. The molecule has 0 aliphatic rings. The van der Waals surface area contributed by atoms with E-state index in [0.717, 1.165) is 6.54 Å². The molecule has 0 amide bonds. The van der Waals surface area contributed by atoms with Crippen molar-refractivity contribution in [2.24, 2.45) is 5.84 Å². The highest BCUT2D eigenvalue weighted by Crippen LogP contribution is 2.02. The zero-order valence-corrected chi connectivity index (χ0v) is 9.39. The van der Waals surface area contributed by atoms with E-state index in [2.05, 4.69) is 50.8 Å². The van der Waals surface area contributed by atoms with E-state index in [-0.39, 0.29) is 0 Å². The van der Waals surface area contributed by atoms with Gasteiger partial charge in [0.25, 0.3) is 0 Å². The fraction of sp³-hybridized carbons (Fsp3) is 1.00. The van der Waals surface area contributed by atoms with Gasteiger partial charge in [0.2, 0.25) is 0 Å². The molecule has 0 fully saturated rings. The van der Waals surface area contributed by atoms with Crippen molar-refractivity contribution in [1.82, 2.24) is 10.3 Å². The summed E-state index contributed by atoms with van der Waals surface area (Å²) in [6, 6.07) is 1.38. The Bertz CT molecular complexity index is 73.8. The Balaban J connectivity index is 0. The number of nitrogens with zero attached hydrogens (tertiary/aromatic N) is 1. The Hall–Kier alpha value is -0.120. The predicted octanol–water partition coefficient (Wildman–Crippen LogP) is 1.20. The minimum atomic E-state index is 0.690. The smallest absolute Gasteiger partial charge is 0.00411 e. The van der Waals surface area contributed by atoms with Crippen molar-refractivity contribution in [1.29, 1.82) is 0 Å². The molecule has 0 heterocycles. The predicted molar refractivity (Wildman–Crippen MR) is 55.9 cm³/mol. The van der Waals surface area contributed by atoms with Crippen LogP contribution < -0.4 is 11.3 Å². The first kappa shape index (κ1) is 14.4. The third-order valence-electron chi connectivity index (χ3n) is 1.69. The molecule has 0 radical (unpaired) electrons. The van der Waals surface area contributed by atoms with Crippen LogP contribution in [0.5, 0.6) is 0 Å². The molecule has 0 unspecified atom stereocenters. The molecule has 0 rings (SSSR count). The quantitative estimate of drug-likeness (QED) is 0.500. The second kappa shape index (κ2) is 8.97. The molecule has 0 spiro atoms. The molecule has 12 heavy (non-hydrogen) atoms. The number of hydrazine groups is 1. The Kier molecular flexibility index (Phi) is 10.8. The molecule has 3 N–H and O–H groups in total. The van der Waals surface area contributed by atoms with Crippen LogP contribution in [0.4, 0.5) is 0 Å². The van der Waals surface area contributed by atoms with Gasteiger partial charge in [-0.2, -0.15) is 0 Å². The molecule has 0 aromatic rings. The standard InChI is InChI=1S/C8H19N.CH6N2/c1-6-9(7(2)3)8(4)5;1-3-2/h7-8H,6H2,1-5H3;3H,2H2,1H3. The summed E-state index contributed by atoms with van der Waals surface area (Å²) >= 11 is 0. The van der Waals surface area contributed by atoms with E-state index < -0.39 is 0 Å². The van der Waals surface area contributed by atoms with Crippen LogP contribution >= 0.6 is 0 Å². The first-order chi connectivity index (χ1) is 5.51. The van der Waals surface area contributed by atoms with Gasteiger partial charge in [-0.05, 0) is 41.3 Å². The summed E-state index contributed by atoms with van der Waals surface area (Å²) in [7, 11) is 1.65. The largest absolute Gasteiger partial charge is 0.299 e. The molecule has 0 aliphatic heterocycles. The molecule has 76 valence electrons. The highest BCUT2D eigenvalue weighted by atomic mass is 15.2. The van der Waals surface area contributed by atoms with Crippen molar-refractivity contribution in [3.63, 3.8) is 0 Å². The lowest BCUT2D eigenvalue weighted by Crippen LogP contribution is -2.36. The molecule has 0 saturated carbocycles. The average Bonchev–Trinajstić information content (AvgIpc) is 1.88. The highest BCUT2D eigenvalue weighted by Gasteiger charge is 2.08. The van der Waals surface area contributed by atoms with Crippen LogP contribution in [0.2, 0.25) is 0 Å². The van der Waals surface area contributed by atoms with Crippen molar-refractivity contribution in [3.8, 4) is 0 Å². The summed E-state index contributed by atoms with van der Waals surface area (Å²) < 4.78 is 0. The average molecular weight is 175 g/mol. The third-order valence-corrected chi connectivity index (χ3v) is 1.69. The lowest BCUT2D eigenvalue weighted by Gasteiger charge is -2.28. The van der Waals surface area contributed by atoms with Crippen LogP contribution in [0, 0.1) is 0 Å². The SMILES string of the molecule is CCN(C(C)C)C(C)C.CNN. The van der Waals surface area contributed by atoms with Crippen LogP contribution in [-0.4, -0.2) is 30.6 Å². The fourth-order valence-corrected chi connectivity index (χ4v) is 1.33. The van der Waals surface area contributed by atoms with E-state index in [9.17, 15) is 0 Å². The van der Waals surface area contributed by atoms with Gasteiger partial charge in [0, 0.05) is 12.1 Å². The Labute approximate surface area is 77.3 Å². The maximum atomic E-state index is 4.60. The minimum Gasteiger partial charge on any atom is -0.299 e. The summed E-state index contributed by atoms with van der Waals surface area (Å²) in [6.45, 7) is 12.3. The molecule has 3 heteroatoms. The summed E-state index contributed by atoms with van der Waals surface area (Å²) in [4.78, 5) is 2.46. The van der Waals surface area contributed by atoms with Gasteiger partial charge in [-0.3, -0.25) is 16.2 Å². The zero-order chi connectivity index (χ0) is 10.1. The second-order valence-corrected chi connectivity index (χ2v) is 3.31.